The molecule has 156 valence electrons. The van der Waals surface area contributed by atoms with E-state index in [9.17, 15) is 13.2 Å². The summed E-state index contributed by atoms with van der Waals surface area (Å²) in [6.07, 6.45) is 0. The van der Waals surface area contributed by atoms with Crippen molar-refractivity contribution in [3.8, 4) is 0 Å². The second kappa shape index (κ2) is 8.86. The third-order valence-corrected chi connectivity index (χ3v) is 6.85. The molecule has 1 amide bonds. The first-order chi connectivity index (χ1) is 14.1. The Morgan fingerprint density at radius 3 is 2.20 bits per heavy atom. The molecule has 0 aliphatic heterocycles. The van der Waals surface area contributed by atoms with Crippen LogP contribution in [-0.4, -0.2) is 14.3 Å². The van der Waals surface area contributed by atoms with E-state index in [2.05, 4.69) is 10.0 Å². The first-order valence-corrected chi connectivity index (χ1v) is 11.3. The molecule has 3 aromatic carbocycles. The van der Waals surface area contributed by atoms with Crippen LogP contribution in [0.25, 0.3) is 0 Å². The van der Waals surface area contributed by atoms with Gasteiger partial charge in [0.2, 0.25) is 0 Å². The molecule has 0 aliphatic carbocycles. The lowest BCUT2D eigenvalue weighted by Gasteiger charge is -2.13. The van der Waals surface area contributed by atoms with Gasteiger partial charge >= 0.3 is 0 Å². The second-order valence-corrected chi connectivity index (χ2v) is 9.53. The molecule has 0 atom stereocenters. The van der Waals surface area contributed by atoms with Gasteiger partial charge in [-0.15, -0.1) is 0 Å². The molecule has 0 aromatic heterocycles. The number of anilines is 2. The molecule has 0 heterocycles. The van der Waals surface area contributed by atoms with Gasteiger partial charge in [0.1, 0.15) is 4.90 Å². The van der Waals surface area contributed by atoms with Gasteiger partial charge in [-0.3, -0.25) is 9.52 Å². The zero-order valence-electron chi connectivity index (χ0n) is 16.0. The van der Waals surface area contributed by atoms with Crippen molar-refractivity contribution < 1.29 is 13.2 Å². The Morgan fingerprint density at radius 1 is 0.833 bits per heavy atom. The smallest absolute Gasteiger partial charge is 0.263 e. The fraction of sp³-hybridized carbons (Fsp3) is 0.0952. The molecule has 2 N–H and O–H groups in total. The number of hydrogen-bond acceptors (Lipinski definition) is 3. The first-order valence-electron chi connectivity index (χ1n) is 8.73. The summed E-state index contributed by atoms with van der Waals surface area (Å²) >= 11 is 18.0. The van der Waals surface area contributed by atoms with Gasteiger partial charge in [0.15, 0.2) is 0 Å². The van der Waals surface area contributed by atoms with Crippen molar-refractivity contribution in [2.24, 2.45) is 0 Å². The van der Waals surface area contributed by atoms with Crippen LogP contribution in [0.4, 0.5) is 11.4 Å². The van der Waals surface area contributed by atoms with Crippen LogP contribution in [0, 0.1) is 13.8 Å². The zero-order chi connectivity index (χ0) is 22.1. The summed E-state index contributed by atoms with van der Waals surface area (Å²) in [4.78, 5) is 12.5. The van der Waals surface area contributed by atoms with Crippen molar-refractivity contribution >= 4 is 62.1 Å². The van der Waals surface area contributed by atoms with Crippen LogP contribution in [0.1, 0.15) is 21.5 Å². The monoisotopic (exact) mass is 482 g/mol. The topological polar surface area (TPSA) is 75.3 Å². The average molecular weight is 484 g/mol. The van der Waals surface area contributed by atoms with Crippen LogP contribution in [0.3, 0.4) is 0 Å². The van der Waals surface area contributed by atoms with E-state index in [0.29, 0.717) is 21.4 Å². The van der Waals surface area contributed by atoms with Crippen LogP contribution < -0.4 is 10.0 Å². The number of benzene rings is 3. The van der Waals surface area contributed by atoms with E-state index in [4.69, 9.17) is 34.8 Å². The Kier molecular flexibility index (Phi) is 6.62. The van der Waals surface area contributed by atoms with E-state index in [1.165, 1.54) is 18.2 Å². The van der Waals surface area contributed by atoms with Crippen LogP contribution in [0.2, 0.25) is 15.1 Å². The lowest BCUT2D eigenvalue weighted by atomic mass is 10.1. The molecule has 0 spiro atoms. The molecule has 0 fully saturated rings. The van der Waals surface area contributed by atoms with Crippen LogP contribution in [0.5, 0.6) is 0 Å². The van der Waals surface area contributed by atoms with Gasteiger partial charge in [0.05, 0.1) is 5.02 Å². The highest BCUT2D eigenvalue weighted by Crippen LogP contribution is 2.27. The van der Waals surface area contributed by atoms with Crippen LogP contribution in [0.15, 0.2) is 59.5 Å². The lowest BCUT2D eigenvalue weighted by molar-refractivity contribution is 0.102. The minimum absolute atomic E-state index is 0.00703. The number of carbonyl (C=O) groups excluding carboxylic acids is 1. The highest BCUT2D eigenvalue weighted by Gasteiger charge is 2.21. The van der Waals surface area contributed by atoms with E-state index in [0.717, 1.165) is 11.1 Å². The molecule has 0 unspecified atom stereocenters. The van der Waals surface area contributed by atoms with Crippen LogP contribution in [-0.2, 0) is 10.0 Å². The predicted octanol–water partition coefficient (Wildman–Crippen LogP) is 6.32. The number of nitrogens with one attached hydrogen (secondary N) is 2. The van der Waals surface area contributed by atoms with Gasteiger partial charge in [-0.25, -0.2) is 8.42 Å². The number of halogens is 3. The van der Waals surface area contributed by atoms with Crippen molar-refractivity contribution in [2.75, 3.05) is 10.0 Å². The average Bonchev–Trinajstić information content (AvgIpc) is 2.67. The van der Waals surface area contributed by atoms with Gasteiger partial charge in [0, 0.05) is 27.0 Å². The molecular formula is C21H17Cl3N2O3S. The number of sulfonamides is 1. The molecular weight excluding hydrogens is 467 g/mol. The Morgan fingerprint density at radius 2 is 1.53 bits per heavy atom. The van der Waals surface area contributed by atoms with Crippen LogP contribution >= 0.6 is 34.8 Å². The summed E-state index contributed by atoms with van der Waals surface area (Å²) in [5, 5.41) is 3.81. The number of hydrogen-bond donors (Lipinski definition) is 2. The number of carbonyl (C=O) groups is 1. The van der Waals surface area contributed by atoms with E-state index in [1.807, 2.05) is 0 Å². The molecule has 3 aromatic rings. The minimum atomic E-state index is -4.04. The number of aryl methyl sites for hydroxylation is 2. The molecule has 0 saturated carbocycles. The third kappa shape index (κ3) is 5.08. The van der Waals surface area contributed by atoms with Gasteiger partial charge in [-0.1, -0.05) is 34.8 Å². The third-order valence-electron chi connectivity index (χ3n) is 4.33. The van der Waals surface area contributed by atoms with Crippen molar-refractivity contribution in [1.29, 1.82) is 0 Å². The summed E-state index contributed by atoms with van der Waals surface area (Å²) in [5.74, 6) is -0.476. The molecule has 0 aliphatic rings. The SMILES string of the molecule is Cc1cc(NS(=O)(=O)c2cc(C(=O)Nc3ccc(Cl)cc3C)ccc2Cl)ccc1Cl. The summed E-state index contributed by atoms with van der Waals surface area (Å²) in [7, 11) is -4.04. The normalized spacial score (nSPS) is 11.2. The highest BCUT2D eigenvalue weighted by atomic mass is 35.5. The fourth-order valence-electron chi connectivity index (χ4n) is 2.73. The molecule has 5 nitrogen and oxygen atoms in total. The van der Waals surface area contributed by atoms with E-state index in [-0.39, 0.29) is 15.5 Å². The van der Waals surface area contributed by atoms with Crippen molar-refractivity contribution in [2.45, 2.75) is 18.7 Å². The minimum Gasteiger partial charge on any atom is -0.322 e. The molecule has 0 radical (unpaired) electrons. The summed E-state index contributed by atoms with van der Waals surface area (Å²) in [5.41, 5.74) is 2.53. The van der Waals surface area contributed by atoms with E-state index >= 15 is 0 Å². The van der Waals surface area contributed by atoms with E-state index < -0.39 is 15.9 Å². The maximum atomic E-state index is 12.9. The van der Waals surface area contributed by atoms with Crippen molar-refractivity contribution in [3.63, 3.8) is 0 Å². The van der Waals surface area contributed by atoms with Crippen molar-refractivity contribution in [3.05, 3.63) is 86.4 Å². The molecule has 0 saturated heterocycles. The Hall–Kier alpha value is -2.25. The standard InChI is InChI=1S/C21H17Cl3N2O3S/c1-12-10-16(5-7-17(12)23)26-30(28,29)20-11-14(3-6-18(20)24)21(27)25-19-8-4-15(22)9-13(19)2/h3-11,26H,1-2H3,(H,25,27). The quantitative estimate of drug-likeness (QED) is 0.446. The lowest BCUT2D eigenvalue weighted by Crippen LogP contribution is -2.17. The molecule has 0 bridgehead atoms. The summed E-state index contributed by atoms with van der Waals surface area (Å²) < 4.78 is 28.2. The maximum Gasteiger partial charge on any atom is 0.263 e. The molecule has 30 heavy (non-hydrogen) atoms. The highest BCUT2D eigenvalue weighted by molar-refractivity contribution is 7.92. The summed E-state index contributed by atoms with van der Waals surface area (Å²) in [6, 6.07) is 13.8. The van der Waals surface area contributed by atoms with Gasteiger partial charge in [0.25, 0.3) is 15.9 Å². The maximum absolute atomic E-state index is 12.9. The predicted molar refractivity (Wildman–Crippen MR) is 123 cm³/mol. The molecule has 3 rings (SSSR count). The largest absolute Gasteiger partial charge is 0.322 e. The second-order valence-electron chi connectivity index (χ2n) is 6.63. The number of amides is 1. The Balaban J connectivity index is 1.89. The van der Waals surface area contributed by atoms with Gasteiger partial charge < -0.3 is 5.32 Å². The van der Waals surface area contributed by atoms with Crippen molar-refractivity contribution in [1.82, 2.24) is 0 Å². The Labute approximate surface area is 190 Å². The first kappa shape index (κ1) is 22.4. The zero-order valence-corrected chi connectivity index (χ0v) is 19.0. The number of rotatable bonds is 5. The molecule has 9 heteroatoms. The van der Waals surface area contributed by atoms with E-state index in [1.54, 1.807) is 50.2 Å². The van der Waals surface area contributed by atoms with Gasteiger partial charge in [-0.2, -0.15) is 0 Å². The fourth-order valence-corrected chi connectivity index (χ4v) is 4.65. The summed E-state index contributed by atoms with van der Waals surface area (Å²) in [6.45, 7) is 3.56. The Bertz CT molecular complexity index is 1240. The van der Waals surface area contributed by atoms with Gasteiger partial charge in [-0.05, 0) is 79.6 Å².